The van der Waals surface area contributed by atoms with Crippen molar-refractivity contribution in [3.63, 3.8) is 0 Å². The number of hydrogen-bond acceptors (Lipinski definition) is 3. The molecule has 1 aliphatic heterocycles. The molecular weight excluding hydrogens is 202 g/mol. The third kappa shape index (κ3) is 3.19. The average Bonchev–Trinajstić information content (AvgIpc) is 2.23. The minimum atomic E-state index is -0.480. The number of likely N-dealkylation sites (tertiary alicyclic amines) is 1. The Kier molecular flexibility index (Phi) is 4.33. The molecule has 0 aromatic heterocycles. The van der Waals surface area contributed by atoms with Gasteiger partial charge in [-0.15, -0.1) is 0 Å². The normalized spacial score (nSPS) is 27.8. The summed E-state index contributed by atoms with van der Waals surface area (Å²) >= 11 is 0. The zero-order chi connectivity index (χ0) is 12.3. The summed E-state index contributed by atoms with van der Waals surface area (Å²) in [7, 11) is 3.96. The molecule has 1 amide bonds. The van der Waals surface area contributed by atoms with Crippen molar-refractivity contribution in [2.75, 3.05) is 20.6 Å². The van der Waals surface area contributed by atoms with Gasteiger partial charge in [0.1, 0.15) is 0 Å². The first-order chi connectivity index (χ1) is 7.36. The van der Waals surface area contributed by atoms with Crippen molar-refractivity contribution in [2.45, 2.75) is 51.2 Å². The zero-order valence-corrected chi connectivity index (χ0v) is 11.1. The quantitative estimate of drug-likeness (QED) is 0.741. The molecule has 2 atom stereocenters. The van der Waals surface area contributed by atoms with Crippen LogP contribution in [0.1, 0.15) is 33.6 Å². The largest absolute Gasteiger partial charge is 0.352 e. The van der Waals surface area contributed by atoms with E-state index in [0.29, 0.717) is 12.1 Å². The van der Waals surface area contributed by atoms with Crippen LogP contribution in [0.15, 0.2) is 0 Å². The van der Waals surface area contributed by atoms with Gasteiger partial charge in [-0.1, -0.05) is 0 Å². The maximum atomic E-state index is 12.0. The molecule has 0 saturated carbocycles. The number of rotatable bonds is 3. The van der Waals surface area contributed by atoms with Crippen molar-refractivity contribution in [1.82, 2.24) is 15.5 Å². The van der Waals surface area contributed by atoms with Gasteiger partial charge in [-0.05, 0) is 47.7 Å². The SMILES string of the molecule is CNC(C)(C)C(=O)NC1CCN(C)C(C)C1. The molecule has 0 spiro atoms. The molecule has 0 aromatic carbocycles. The van der Waals surface area contributed by atoms with Crippen molar-refractivity contribution in [3.8, 4) is 0 Å². The van der Waals surface area contributed by atoms with Crippen molar-refractivity contribution >= 4 is 5.91 Å². The highest BCUT2D eigenvalue weighted by atomic mass is 16.2. The van der Waals surface area contributed by atoms with Crippen LogP contribution in [0, 0.1) is 0 Å². The first-order valence-electron chi connectivity index (χ1n) is 6.07. The molecule has 1 saturated heterocycles. The summed E-state index contributed by atoms with van der Waals surface area (Å²) < 4.78 is 0. The summed E-state index contributed by atoms with van der Waals surface area (Å²) in [6, 6.07) is 0.878. The molecule has 16 heavy (non-hydrogen) atoms. The zero-order valence-electron chi connectivity index (χ0n) is 11.1. The predicted molar refractivity (Wildman–Crippen MR) is 66.4 cm³/mol. The second-order valence-electron chi connectivity index (χ2n) is 5.40. The lowest BCUT2D eigenvalue weighted by molar-refractivity contribution is -0.127. The highest BCUT2D eigenvalue weighted by molar-refractivity contribution is 5.85. The molecule has 0 aromatic rings. The molecule has 1 aliphatic rings. The van der Waals surface area contributed by atoms with E-state index in [2.05, 4.69) is 29.5 Å². The van der Waals surface area contributed by atoms with Gasteiger partial charge in [-0.2, -0.15) is 0 Å². The Bertz CT molecular complexity index is 253. The van der Waals surface area contributed by atoms with Gasteiger partial charge in [0.2, 0.25) is 5.91 Å². The summed E-state index contributed by atoms with van der Waals surface area (Å²) in [6.45, 7) is 7.08. The van der Waals surface area contributed by atoms with Gasteiger partial charge in [0.25, 0.3) is 0 Å². The Morgan fingerprint density at radius 2 is 2.06 bits per heavy atom. The molecule has 1 fully saturated rings. The number of nitrogens with zero attached hydrogens (tertiary/aromatic N) is 1. The van der Waals surface area contributed by atoms with Crippen LogP contribution in [-0.2, 0) is 4.79 Å². The van der Waals surface area contributed by atoms with Gasteiger partial charge in [-0.25, -0.2) is 0 Å². The number of carbonyl (C=O) groups is 1. The van der Waals surface area contributed by atoms with E-state index in [1.54, 1.807) is 0 Å². The molecular formula is C12H25N3O. The Morgan fingerprint density at radius 3 is 2.56 bits per heavy atom. The molecule has 1 heterocycles. The van der Waals surface area contributed by atoms with Crippen LogP contribution in [-0.4, -0.2) is 49.1 Å². The van der Waals surface area contributed by atoms with Crippen LogP contribution in [0.4, 0.5) is 0 Å². The minimum Gasteiger partial charge on any atom is -0.352 e. The third-order valence-corrected chi connectivity index (χ3v) is 3.74. The van der Waals surface area contributed by atoms with Crippen molar-refractivity contribution in [2.24, 2.45) is 0 Å². The van der Waals surface area contributed by atoms with E-state index in [9.17, 15) is 4.79 Å². The summed E-state index contributed by atoms with van der Waals surface area (Å²) in [5, 5.41) is 6.16. The maximum Gasteiger partial charge on any atom is 0.239 e. The van der Waals surface area contributed by atoms with Crippen molar-refractivity contribution in [3.05, 3.63) is 0 Å². The van der Waals surface area contributed by atoms with Gasteiger partial charge < -0.3 is 15.5 Å². The summed E-state index contributed by atoms with van der Waals surface area (Å²) in [6.07, 6.45) is 2.09. The first kappa shape index (κ1) is 13.5. The topological polar surface area (TPSA) is 44.4 Å². The molecule has 94 valence electrons. The van der Waals surface area contributed by atoms with Crippen LogP contribution in [0.5, 0.6) is 0 Å². The highest BCUT2D eigenvalue weighted by Gasteiger charge is 2.30. The number of nitrogens with one attached hydrogen (secondary N) is 2. The van der Waals surface area contributed by atoms with E-state index >= 15 is 0 Å². The van der Waals surface area contributed by atoms with E-state index in [4.69, 9.17) is 0 Å². The number of piperidine rings is 1. The smallest absolute Gasteiger partial charge is 0.239 e. The number of carbonyl (C=O) groups excluding carboxylic acids is 1. The molecule has 4 heteroatoms. The molecule has 0 bridgehead atoms. The number of amides is 1. The van der Waals surface area contributed by atoms with E-state index < -0.39 is 5.54 Å². The fraction of sp³-hybridized carbons (Fsp3) is 0.917. The van der Waals surface area contributed by atoms with E-state index in [0.717, 1.165) is 19.4 Å². The fourth-order valence-corrected chi connectivity index (χ4v) is 1.90. The second-order valence-corrected chi connectivity index (χ2v) is 5.40. The summed E-state index contributed by atoms with van der Waals surface area (Å²) in [4.78, 5) is 14.3. The molecule has 2 N–H and O–H groups in total. The Balaban J connectivity index is 2.47. The van der Waals surface area contributed by atoms with Crippen LogP contribution < -0.4 is 10.6 Å². The van der Waals surface area contributed by atoms with Crippen molar-refractivity contribution in [1.29, 1.82) is 0 Å². The Labute approximate surface area is 98.8 Å². The highest BCUT2D eigenvalue weighted by Crippen LogP contribution is 2.16. The van der Waals surface area contributed by atoms with Crippen LogP contribution in [0.25, 0.3) is 0 Å². The monoisotopic (exact) mass is 227 g/mol. The second kappa shape index (κ2) is 5.15. The third-order valence-electron chi connectivity index (χ3n) is 3.74. The number of hydrogen-bond donors (Lipinski definition) is 2. The van der Waals surface area contributed by atoms with Crippen LogP contribution in [0.2, 0.25) is 0 Å². The molecule has 0 aliphatic carbocycles. The van der Waals surface area contributed by atoms with Gasteiger partial charge in [0.05, 0.1) is 5.54 Å². The van der Waals surface area contributed by atoms with Crippen LogP contribution >= 0.6 is 0 Å². The standard InChI is InChI=1S/C12H25N3O/c1-9-8-10(6-7-15(9)5)14-11(16)12(2,3)13-4/h9-10,13H,6-8H2,1-5H3,(H,14,16). The Hall–Kier alpha value is -0.610. The predicted octanol–water partition coefficient (Wildman–Crippen LogP) is 0.583. The summed E-state index contributed by atoms with van der Waals surface area (Å²) in [5.41, 5.74) is -0.480. The molecule has 4 nitrogen and oxygen atoms in total. The fourth-order valence-electron chi connectivity index (χ4n) is 1.90. The van der Waals surface area contributed by atoms with Crippen LogP contribution in [0.3, 0.4) is 0 Å². The van der Waals surface area contributed by atoms with E-state index in [1.165, 1.54) is 0 Å². The minimum absolute atomic E-state index is 0.0942. The lowest BCUT2D eigenvalue weighted by atomic mass is 9.97. The van der Waals surface area contributed by atoms with Crippen molar-refractivity contribution < 1.29 is 4.79 Å². The lowest BCUT2D eigenvalue weighted by Crippen LogP contribution is -2.56. The Morgan fingerprint density at radius 1 is 1.44 bits per heavy atom. The first-order valence-corrected chi connectivity index (χ1v) is 6.07. The molecule has 1 rings (SSSR count). The van der Waals surface area contributed by atoms with E-state index in [1.807, 2.05) is 20.9 Å². The number of likely N-dealkylation sites (N-methyl/N-ethyl adjacent to an activating group) is 1. The summed E-state index contributed by atoms with van der Waals surface area (Å²) in [5.74, 6) is 0.0942. The molecule has 2 unspecified atom stereocenters. The average molecular weight is 227 g/mol. The van der Waals surface area contributed by atoms with Gasteiger partial charge >= 0.3 is 0 Å². The lowest BCUT2D eigenvalue weighted by Gasteiger charge is -2.36. The maximum absolute atomic E-state index is 12.0. The molecule has 0 radical (unpaired) electrons. The van der Waals surface area contributed by atoms with Gasteiger partial charge in [0, 0.05) is 18.6 Å². The van der Waals surface area contributed by atoms with Gasteiger partial charge in [-0.3, -0.25) is 4.79 Å². The van der Waals surface area contributed by atoms with Gasteiger partial charge in [0.15, 0.2) is 0 Å². The van der Waals surface area contributed by atoms with E-state index in [-0.39, 0.29) is 5.91 Å².